The molecule has 0 unspecified atom stereocenters. The Labute approximate surface area is 217 Å². The van der Waals surface area contributed by atoms with Crippen LogP contribution in [0, 0.1) is 17.6 Å². The highest BCUT2D eigenvalue weighted by atomic mass is 32.2. The van der Waals surface area contributed by atoms with Crippen molar-refractivity contribution in [3.63, 3.8) is 0 Å². The van der Waals surface area contributed by atoms with Crippen LogP contribution in [0.15, 0.2) is 36.8 Å². The van der Waals surface area contributed by atoms with Crippen molar-refractivity contribution in [1.82, 2.24) is 9.88 Å². The number of nitrogens with one attached hydrogen (secondary N) is 1. The number of halogens is 2. The highest BCUT2D eigenvalue weighted by Gasteiger charge is 2.33. The van der Waals surface area contributed by atoms with E-state index >= 15 is 4.39 Å². The predicted octanol–water partition coefficient (Wildman–Crippen LogP) is 4.78. The van der Waals surface area contributed by atoms with Gasteiger partial charge in [-0.05, 0) is 43.4 Å². The van der Waals surface area contributed by atoms with Gasteiger partial charge in [-0.3, -0.25) is 14.9 Å². The number of hydrogen-bond acceptors (Lipinski definition) is 8. The molecule has 0 spiro atoms. The molecule has 1 aliphatic carbocycles. The molecule has 2 fully saturated rings. The van der Waals surface area contributed by atoms with Crippen LogP contribution >= 0.6 is 11.9 Å². The van der Waals surface area contributed by atoms with Gasteiger partial charge in [-0.2, -0.15) is 0 Å². The molecule has 1 aromatic carbocycles. The Morgan fingerprint density at radius 1 is 1.19 bits per heavy atom. The number of anilines is 3. The van der Waals surface area contributed by atoms with Gasteiger partial charge in [-0.15, -0.1) is 0 Å². The number of hydrogen-bond donors (Lipinski definition) is 3. The highest BCUT2D eigenvalue weighted by molar-refractivity contribution is 8.00. The first-order chi connectivity index (χ1) is 17.4. The van der Waals surface area contributed by atoms with Crippen LogP contribution in [0.1, 0.15) is 45.1 Å². The fourth-order valence-electron chi connectivity index (χ4n) is 4.81. The summed E-state index contributed by atoms with van der Waals surface area (Å²) >= 11 is 1.35. The fraction of sp³-hybridized carbons (Fsp3) is 0.500. The number of pyridine rings is 1. The maximum absolute atomic E-state index is 15.0. The zero-order chi connectivity index (χ0) is 25.7. The lowest BCUT2D eigenvalue weighted by molar-refractivity contribution is 0.0714. The second kappa shape index (κ2) is 12.1. The van der Waals surface area contributed by atoms with Crippen LogP contribution in [-0.4, -0.2) is 47.9 Å². The van der Waals surface area contributed by atoms with Gasteiger partial charge in [0.25, 0.3) is 0 Å². The van der Waals surface area contributed by atoms with Crippen LogP contribution in [0.3, 0.4) is 0 Å². The van der Waals surface area contributed by atoms with E-state index in [1.54, 1.807) is 6.20 Å². The molecule has 1 saturated carbocycles. The monoisotopic (exact) mass is 517 g/mol. The molecular weight excluding hydrogens is 480 g/mol. The standard InChI is InChI=1S/C26H37F2N7S/c1-3-11-36-32-24-6-5-22(27)26(25(24)28)35(30)17-23(29)19-14-21(16-31-15-19)34-9-7-33(8-10-34)20-12-18(4-2)13-20/h5-6,14-18,20,32H,3-4,7-13,29-30H2,1-2H3/b23-17-. The number of rotatable bonds is 10. The minimum Gasteiger partial charge on any atom is -0.397 e. The quantitative estimate of drug-likeness (QED) is 0.180. The number of aromatic nitrogens is 1. The minimum absolute atomic E-state index is 0.169. The molecule has 196 valence electrons. The first kappa shape index (κ1) is 26.5. The normalized spacial score (nSPS) is 20.8. The van der Waals surface area contributed by atoms with E-state index in [0.29, 0.717) is 5.56 Å². The fourth-order valence-corrected chi connectivity index (χ4v) is 5.43. The van der Waals surface area contributed by atoms with Crippen molar-refractivity contribution in [3.8, 4) is 0 Å². The van der Waals surface area contributed by atoms with E-state index < -0.39 is 11.6 Å². The number of nitrogens with two attached hydrogens (primary N) is 2. The van der Waals surface area contributed by atoms with Gasteiger partial charge in [-0.25, -0.2) is 14.6 Å². The summed E-state index contributed by atoms with van der Waals surface area (Å²) in [5.41, 5.74) is 7.97. The minimum atomic E-state index is -0.772. The first-order valence-corrected chi connectivity index (χ1v) is 13.7. The van der Waals surface area contributed by atoms with Crippen LogP contribution < -0.4 is 26.2 Å². The number of benzene rings is 1. The summed E-state index contributed by atoms with van der Waals surface area (Å²) in [6.45, 7) is 8.23. The Bertz CT molecular complexity index is 1050. The smallest absolute Gasteiger partial charge is 0.175 e. The van der Waals surface area contributed by atoms with E-state index in [2.05, 4.69) is 26.4 Å². The summed E-state index contributed by atoms with van der Waals surface area (Å²) in [4.78, 5) is 9.27. The van der Waals surface area contributed by atoms with Crippen LogP contribution in [0.25, 0.3) is 5.70 Å². The lowest BCUT2D eigenvalue weighted by Gasteiger charge is -2.46. The van der Waals surface area contributed by atoms with E-state index in [1.165, 1.54) is 49.5 Å². The van der Waals surface area contributed by atoms with Crippen molar-refractivity contribution >= 4 is 34.7 Å². The first-order valence-electron chi connectivity index (χ1n) is 12.7. The van der Waals surface area contributed by atoms with Crippen LogP contribution in [-0.2, 0) is 0 Å². The lowest BCUT2D eigenvalue weighted by Crippen LogP contribution is -2.54. The zero-order valence-corrected chi connectivity index (χ0v) is 21.9. The van der Waals surface area contributed by atoms with E-state index in [9.17, 15) is 4.39 Å². The number of nitrogens with zero attached hydrogens (tertiary/aromatic N) is 4. The van der Waals surface area contributed by atoms with Crippen molar-refractivity contribution in [2.75, 3.05) is 46.6 Å². The average molecular weight is 518 g/mol. The van der Waals surface area contributed by atoms with Crippen molar-refractivity contribution in [3.05, 3.63) is 54.0 Å². The Balaban J connectivity index is 1.42. The SMILES string of the molecule is CCCSNc1ccc(F)c(N(N)/C=C(\N)c2cncc(N3CCN(C4CC(CC)C4)CC3)c2)c1F. The van der Waals surface area contributed by atoms with Gasteiger partial charge < -0.3 is 15.4 Å². The molecule has 1 aliphatic heterocycles. The summed E-state index contributed by atoms with van der Waals surface area (Å²) < 4.78 is 32.4. The Morgan fingerprint density at radius 3 is 2.64 bits per heavy atom. The van der Waals surface area contributed by atoms with Gasteiger partial charge in [-0.1, -0.05) is 32.2 Å². The van der Waals surface area contributed by atoms with Gasteiger partial charge in [0, 0.05) is 55.9 Å². The molecule has 0 radical (unpaired) electrons. The van der Waals surface area contributed by atoms with Gasteiger partial charge in [0.1, 0.15) is 5.69 Å². The molecule has 2 aromatic rings. The molecule has 10 heteroatoms. The van der Waals surface area contributed by atoms with Crippen molar-refractivity contribution in [2.24, 2.45) is 17.5 Å². The lowest BCUT2D eigenvalue weighted by atomic mass is 9.77. The second-order valence-electron chi connectivity index (χ2n) is 9.55. The van der Waals surface area contributed by atoms with E-state index in [1.807, 2.05) is 19.2 Å². The molecule has 5 N–H and O–H groups in total. The third kappa shape index (κ3) is 6.04. The van der Waals surface area contributed by atoms with Gasteiger partial charge in [0.2, 0.25) is 0 Å². The summed E-state index contributed by atoms with van der Waals surface area (Å²) in [6, 6.07) is 5.23. The Kier molecular flexibility index (Phi) is 8.92. The second-order valence-corrected chi connectivity index (χ2v) is 10.5. The molecule has 7 nitrogen and oxygen atoms in total. The Morgan fingerprint density at radius 2 is 1.94 bits per heavy atom. The zero-order valence-electron chi connectivity index (χ0n) is 21.1. The molecule has 0 atom stereocenters. The van der Waals surface area contributed by atoms with Gasteiger partial charge in [0.05, 0.1) is 23.3 Å². The predicted molar refractivity (Wildman–Crippen MR) is 146 cm³/mol. The summed E-state index contributed by atoms with van der Waals surface area (Å²) in [6.07, 6.45) is 9.63. The number of hydrazine groups is 1. The van der Waals surface area contributed by atoms with E-state index in [4.69, 9.17) is 11.6 Å². The van der Waals surface area contributed by atoms with E-state index in [0.717, 1.165) is 61.0 Å². The Hall–Kier alpha value is -2.56. The third-order valence-electron chi connectivity index (χ3n) is 7.13. The topological polar surface area (TPSA) is 86.7 Å². The van der Waals surface area contributed by atoms with Crippen molar-refractivity contribution in [1.29, 1.82) is 0 Å². The van der Waals surface area contributed by atoms with Crippen LogP contribution in [0.5, 0.6) is 0 Å². The molecule has 4 rings (SSSR count). The largest absolute Gasteiger partial charge is 0.397 e. The maximum Gasteiger partial charge on any atom is 0.175 e. The molecule has 0 amide bonds. The summed E-state index contributed by atoms with van der Waals surface area (Å²) in [7, 11) is 0. The van der Waals surface area contributed by atoms with E-state index in [-0.39, 0.29) is 17.1 Å². The summed E-state index contributed by atoms with van der Waals surface area (Å²) in [5.74, 6) is 6.19. The van der Waals surface area contributed by atoms with Crippen molar-refractivity contribution in [2.45, 2.75) is 45.6 Å². The molecule has 2 aliphatic rings. The highest BCUT2D eigenvalue weighted by Crippen LogP contribution is 2.35. The number of piperazine rings is 1. The molecule has 1 saturated heterocycles. The molecule has 2 heterocycles. The van der Waals surface area contributed by atoms with Crippen LogP contribution in [0.4, 0.5) is 25.8 Å². The molecule has 0 bridgehead atoms. The molecular formula is C26H37F2N7S. The molecule has 1 aromatic heterocycles. The third-order valence-corrected chi connectivity index (χ3v) is 8.11. The average Bonchev–Trinajstić information content (AvgIpc) is 2.85. The molecule has 36 heavy (non-hydrogen) atoms. The maximum atomic E-state index is 15.0. The summed E-state index contributed by atoms with van der Waals surface area (Å²) in [5, 5.41) is 0.892. The van der Waals surface area contributed by atoms with Gasteiger partial charge in [0.15, 0.2) is 11.6 Å². The van der Waals surface area contributed by atoms with Gasteiger partial charge >= 0.3 is 0 Å². The van der Waals surface area contributed by atoms with Crippen molar-refractivity contribution < 1.29 is 8.78 Å². The van der Waals surface area contributed by atoms with Crippen LogP contribution in [0.2, 0.25) is 0 Å².